The molecule has 3 rings (SSSR count). The zero-order valence-corrected chi connectivity index (χ0v) is 12.0. The van der Waals surface area contributed by atoms with Gasteiger partial charge in [-0.2, -0.15) is 0 Å². The van der Waals surface area contributed by atoms with Gasteiger partial charge in [0, 0.05) is 5.69 Å². The smallest absolute Gasteiger partial charge is 0.269 e. The van der Waals surface area contributed by atoms with E-state index in [0.29, 0.717) is 29.0 Å². The third-order valence-electron chi connectivity index (χ3n) is 2.68. The van der Waals surface area contributed by atoms with Crippen molar-refractivity contribution in [2.45, 2.75) is 10.7 Å². The third-order valence-corrected chi connectivity index (χ3v) is 3.51. The van der Waals surface area contributed by atoms with Gasteiger partial charge in [0.05, 0.1) is 6.26 Å². The highest BCUT2D eigenvalue weighted by atomic mass is 32.2. The molecule has 2 N–H and O–H groups in total. The molecule has 2 aromatic heterocycles. The van der Waals surface area contributed by atoms with Gasteiger partial charge in [-0.25, -0.2) is 4.39 Å². The normalized spacial score (nSPS) is 12.0. The molecular formula is C14H11FN4O2S. The quantitative estimate of drug-likeness (QED) is 0.706. The van der Waals surface area contributed by atoms with Crippen molar-refractivity contribution < 1.29 is 13.6 Å². The standard InChI is InChI=1S/C14H11FN4O2S/c15-11(13(20)16-9-5-2-1-3-6-9)22-14-17-12(18-19-14)10-7-4-8-21-10/h1-8,11H,(H,16,20)(H,17,18,19). The second-order valence-electron chi connectivity index (χ2n) is 4.25. The molecule has 0 radical (unpaired) electrons. The predicted octanol–water partition coefficient (Wildman–Crippen LogP) is 3.09. The summed E-state index contributed by atoms with van der Waals surface area (Å²) in [5.41, 5.74) is -1.28. The van der Waals surface area contributed by atoms with E-state index in [4.69, 9.17) is 4.42 Å². The maximum absolute atomic E-state index is 14.0. The van der Waals surface area contributed by atoms with E-state index < -0.39 is 11.4 Å². The van der Waals surface area contributed by atoms with E-state index in [1.165, 1.54) is 6.26 Å². The van der Waals surface area contributed by atoms with Gasteiger partial charge in [0.1, 0.15) is 0 Å². The Kier molecular flexibility index (Phi) is 4.19. The summed E-state index contributed by atoms with van der Waals surface area (Å²) in [5.74, 6) is 0.110. The summed E-state index contributed by atoms with van der Waals surface area (Å²) in [7, 11) is 0. The molecule has 22 heavy (non-hydrogen) atoms. The van der Waals surface area contributed by atoms with Gasteiger partial charge in [0.25, 0.3) is 5.91 Å². The lowest BCUT2D eigenvalue weighted by Gasteiger charge is -2.07. The van der Waals surface area contributed by atoms with Crippen molar-refractivity contribution in [3.05, 3.63) is 48.7 Å². The molecule has 0 aliphatic heterocycles. The molecule has 2 heterocycles. The largest absolute Gasteiger partial charge is 0.461 e. The Labute approximate surface area is 129 Å². The van der Waals surface area contributed by atoms with Crippen molar-refractivity contribution in [2.24, 2.45) is 0 Å². The Balaban J connectivity index is 1.62. The predicted molar refractivity (Wildman–Crippen MR) is 79.9 cm³/mol. The van der Waals surface area contributed by atoms with Crippen molar-refractivity contribution in [1.82, 2.24) is 15.2 Å². The van der Waals surface area contributed by atoms with E-state index in [0.717, 1.165) is 0 Å². The summed E-state index contributed by atoms with van der Waals surface area (Å²) in [4.78, 5) is 14.6. The summed E-state index contributed by atoms with van der Waals surface area (Å²) in [6, 6.07) is 12.1. The average Bonchev–Trinajstić information content (AvgIpc) is 3.19. The van der Waals surface area contributed by atoms with E-state index in [1.54, 1.807) is 36.4 Å². The minimum absolute atomic E-state index is 0.196. The second-order valence-corrected chi connectivity index (χ2v) is 5.28. The van der Waals surface area contributed by atoms with Crippen LogP contribution in [0.5, 0.6) is 0 Å². The van der Waals surface area contributed by atoms with Gasteiger partial charge in [-0.05, 0) is 36.0 Å². The zero-order valence-electron chi connectivity index (χ0n) is 11.2. The van der Waals surface area contributed by atoms with E-state index >= 15 is 0 Å². The van der Waals surface area contributed by atoms with Crippen LogP contribution in [-0.2, 0) is 4.79 Å². The summed E-state index contributed by atoms with van der Waals surface area (Å²) in [6.45, 7) is 0. The summed E-state index contributed by atoms with van der Waals surface area (Å²) >= 11 is 0.639. The molecule has 0 aliphatic carbocycles. The van der Waals surface area contributed by atoms with Crippen molar-refractivity contribution in [3.63, 3.8) is 0 Å². The van der Waals surface area contributed by atoms with Crippen LogP contribution in [-0.4, -0.2) is 26.6 Å². The van der Waals surface area contributed by atoms with Gasteiger partial charge in [-0.3, -0.25) is 4.79 Å². The Morgan fingerprint density at radius 3 is 2.77 bits per heavy atom. The fraction of sp³-hybridized carbons (Fsp3) is 0.0714. The Morgan fingerprint density at radius 1 is 1.23 bits per heavy atom. The van der Waals surface area contributed by atoms with E-state index in [1.807, 2.05) is 6.07 Å². The van der Waals surface area contributed by atoms with Crippen LogP contribution in [0.3, 0.4) is 0 Å². The van der Waals surface area contributed by atoms with Crippen LogP contribution < -0.4 is 5.32 Å². The number of hydrogen-bond donors (Lipinski definition) is 2. The Bertz CT molecular complexity index is 745. The van der Waals surface area contributed by atoms with E-state index in [9.17, 15) is 9.18 Å². The van der Waals surface area contributed by atoms with E-state index in [-0.39, 0.29) is 5.16 Å². The molecule has 8 heteroatoms. The number of hydrogen-bond acceptors (Lipinski definition) is 5. The number of aromatic amines is 1. The number of nitrogens with one attached hydrogen (secondary N) is 2. The van der Waals surface area contributed by atoms with E-state index in [2.05, 4.69) is 20.5 Å². The third kappa shape index (κ3) is 3.34. The van der Waals surface area contributed by atoms with Gasteiger partial charge in [-0.1, -0.05) is 18.2 Å². The topological polar surface area (TPSA) is 83.8 Å². The minimum Gasteiger partial charge on any atom is -0.461 e. The number of amides is 1. The number of aromatic nitrogens is 3. The highest BCUT2D eigenvalue weighted by Crippen LogP contribution is 2.24. The van der Waals surface area contributed by atoms with Crippen LogP contribution >= 0.6 is 11.8 Å². The fourth-order valence-electron chi connectivity index (χ4n) is 1.70. The lowest BCUT2D eigenvalue weighted by molar-refractivity contribution is -0.118. The lowest BCUT2D eigenvalue weighted by atomic mass is 10.3. The number of rotatable bonds is 5. The maximum Gasteiger partial charge on any atom is 0.269 e. The lowest BCUT2D eigenvalue weighted by Crippen LogP contribution is -2.21. The van der Waals surface area contributed by atoms with Gasteiger partial charge >= 0.3 is 0 Å². The zero-order chi connectivity index (χ0) is 15.4. The number of nitrogens with zero attached hydrogens (tertiary/aromatic N) is 2. The first-order valence-corrected chi connectivity index (χ1v) is 7.23. The first-order chi connectivity index (χ1) is 10.7. The summed E-state index contributed by atoms with van der Waals surface area (Å²) < 4.78 is 19.1. The summed E-state index contributed by atoms with van der Waals surface area (Å²) in [5, 5.41) is 10.3. The second kappa shape index (κ2) is 6.44. The average molecular weight is 318 g/mol. The number of thioether (sulfide) groups is 1. The van der Waals surface area contributed by atoms with Crippen LogP contribution in [0.25, 0.3) is 11.6 Å². The number of anilines is 1. The molecule has 0 aliphatic rings. The van der Waals surface area contributed by atoms with Crippen molar-refractivity contribution in [3.8, 4) is 11.6 Å². The van der Waals surface area contributed by atoms with Crippen LogP contribution in [0.2, 0.25) is 0 Å². The highest BCUT2D eigenvalue weighted by Gasteiger charge is 2.21. The summed E-state index contributed by atoms with van der Waals surface area (Å²) in [6.07, 6.45) is 1.50. The molecule has 1 amide bonds. The first-order valence-electron chi connectivity index (χ1n) is 6.35. The van der Waals surface area contributed by atoms with Crippen LogP contribution in [0.4, 0.5) is 10.1 Å². The molecule has 0 fully saturated rings. The number of carbonyl (C=O) groups is 1. The molecule has 0 saturated heterocycles. The fourth-order valence-corrected chi connectivity index (χ4v) is 2.30. The molecule has 0 bridgehead atoms. The van der Waals surface area contributed by atoms with Crippen LogP contribution in [0.15, 0.2) is 58.3 Å². The molecule has 3 aromatic rings. The molecule has 1 atom stereocenters. The van der Waals surface area contributed by atoms with Crippen molar-refractivity contribution in [1.29, 1.82) is 0 Å². The van der Waals surface area contributed by atoms with Crippen molar-refractivity contribution >= 4 is 23.4 Å². The SMILES string of the molecule is O=C(Nc1ccccc1)C(F)Sc1nnc(-c2ccco2)[nH]1. The number of para-hydroxylation sites is 1. The molecule has 6 nitrogen and oxygen atoms in total. The molecule has 1 unspecified atom stereocenters. The number of furan rings is 1. The van der Waals surface area contributed by atoms with Crippen LogP contribution in [0.1, 0.15) is 0 Å². The molecule has 1 aromatic carbocycles. The first kappa shape index (κ1) is 14.3. The van der Waals surface area contributed by atoms with Crippen LogP contribution in [0, 0.1) is 0 Å². The molecule has 112 valence electrons. The minimum atomic E-state index is -1.81. The van der Waals surface area contributed by atoms with Gasteiger partial charge in [0.15, 0.2) is 16.7 Å². The van der Waals surface area contributed by atoms with Crippen molar-refractivity contribution in [2.75, 3.05) is 5.32 Å². The van der Waals surface area contributed by atoms with Gasteiger partial charge in [0.2, 0.25) is 5.50 Å². The number of benzene rings is 1. The maximum atomic E-state index is 14.0. The number of carbonyl (C=O) groups excluding carboxylic acids is 1. The Hall–Kier alpha value is -2.61. The number of alkyl halides is 1. The Morgan fingerprint density at radius 2 is 2.05 bits per heavy atom. The van der Waals surface area contributed by atoms with Gasteiger partial charge in [-0.15, -0.1) is 10.2 Å². The molecule has 0 spiro atoms. The highest BCUT2D eigenvalue weighted by molar-refractivity contribution is 8.00. The monoisotopic (exact) mass is 318 g/mol. The number of H-pyrrole nitrogens is 1. The van der Waals surface area contributed by atoms with Gasteiger partial charge < -0.3 is 14.7 Å². The number of halogens is 1. The molecule has 0 saturated carbocycles. The molecular weight excluding hydrogens is 307 g/mol.